The number of nitrogens with zero attached hydrogens (tertiary/aromatic N) is 1. The molecule has 0 atom stereocenters. The molecule has 0 bridgehead atoms. The second-order valence-electron chi connectivity index (χ2n) is 6.11. The molecular weight excluding hydrogens is 320 g/mol. The Labute approximate surface area is 138 Å². The highest BCUT2D eigenvalue weighted by Gasteiger charge is 2.43. The predicted molar refractivity (Wildman–Crippen MR) is 83.2 cm³/mol. The molecule has 1 amide bonds. The molecule has 3 N–H and O–H groups in total. The number of amides is 1. The van der Waals surface area contributed by atoms with Crippen LogP contribution in [0.3, 0.4) is 0 Å². The highest BCUT2D eigenvalue weighted by Crippen LogP contribution is 2.41. The zero-order chi connectivity index (χ0) is 17.2. The summed E-state index contributed by atoms with van der Waals surface area (Å²) in [4.78, 5) is 14.5. The number of halogens is 2. The number of nitrogens with one attached hydrogen (secondary N) is 1. The fourth-order valence-corrected chi connectivity index (χ4v) is 3.03. The summed E-state index contributed by atoms with van der Waals surface area (Å²) in [5.41, 5.74) is 5.82. The third kappa shape index (κ3) is 3.93. The number of benzene rings is 1. The lowest BCUT2D eigenvalue weighted by atomic mass is 9.96. The van der Waals surface area contributed by atoms with Gasteiger partial charge in [0.15, 0.2) is 11.5 Å². The Morgan fingerprint density at radius 2 is 2.00 bits per heavy atom. The first-order valence-corrected chi connectivity index (χ1v) is 8.07. The van der Waals surface area contributed by atoms with Crippen molar-refractivity contribution < 1.29 is 23.0 Å². The number of fused-ring (bicyclic) bond motifs is 1. The molecule has 0 aromatic heterocycles. The molecule has 1 aromatic carbocycles. The van der Waals surface area contributed by atoms with Gasteiger partial charge in [-0.15, -0.1) is 8.78 Å². The third-order valence-electron chi connectivity index (χ3n) is 4.37. The number of rotatable bonds is 5. The van der Waals surface area contributed by atoms with E-state index in [1.807, 2.05) is 0 Å². The van der Waals surface area contributed by atoms with Crippen LogP contribution in [0.5, 0.6) is 11.5 Å². The fraction of sp³-hybridized carbons (Fsp3) is 0.562. The predicted octanol–water partition coefficient (Wildman–Crippen LogP) is 1.41. The van der Waals surface area contributed by atoms with Gasteiger partial charge in [0.1, 0.15) is 0 Å². The summed E-state index contributed by atoms with van der Waals surface area (Å²) in [5.74, 6) is -0.0751. The van der Waals surface area contributed by atoms with E-state index in [0.717, 1.165) is 32.5 Å². The average molecular weight is 341 g/mol. The molecule has 2 aliphatic rings. The lowest BCUT2D eigenvalue weighted by Crippen LogP contribution is -2.40. The van der Waals surface area contributed by atoms with Gasteiger partial charge in [0.2, 0.25) is 0 Å². The van der Waals surface area contributed by atoms with E-state index in [0.29, 0.717) is 19.0 Å². The van der Waals surface area contributed by atoms with Gasteiger partial charge < -0.3 is 25.4 Å². The monoisotopic (exact) mass is 341 g/mol. The molecule has 6 nitrogen and oxygen atoms in total. The van der Waals surface area contributed by atoms with Gasteiger partial charge >= 0.3 is 6.29 Å². The van der Waals surface area contributed by atoms with Crippen LogP contribution in [0.4, 0.5) is 8.78 Å². The van der Waals surface area contributed by atoms with Crippen LogP contribution in [-0.4, -0.2) is 49.8 Å². The quantitative estimate of drug-likeness (QED) is 0.847. The van der Waals surface area contributed by atoms with E-state index in [1.165, 1.54) is 18.2 Å². The van der Waals surface area contributed by atoms with Crippen LogP contribution in [0.15, 0.2) is 18.2 Å². The fourth-order valence-electron chi connectivity index (χ4n) is 3.03. The molecule has 0 saturated carbocycles. The van der Waals surface area contributed by atoms with Crippen molar-refractivity contribution in [3.8, 4) is 11.5 Å². The Kier molecular flexibility index (Phi) is 4.86. The standard InChI is InChI=1S/C16H21F2N3O3/c17-16(18)23-13-2-1-12(9-14(13)24-16)15(22)20-10-11-3-6-21(7-4-11)8-5-19/h1-2,9,11H,3-8,10,19H2,(H,20,22). The van der Waals surface area contributed by atoms with E-state index in [9.17, 15) is 13.6 Å². The third-order valence-corrected chi connectivity index (χ3v) is 4.37. The second kappa shape index (κ2) is 6.90. The molecule has 0 spiro atoms. The smallest absolute Gasteiger partial charge is 0.395 e. The van der Waals surface area contributed by atoms with Crippen LogP contribution in [0.1, 0.15) is 23.2 Å². The Bertz CT molecular complexity index is 604. The molecule has 1 aromatic rings. The number of carbonyl (C=O) groups is 1. The Balaban J connectivity index is 1.50. The zero-order valence-electron chi connectivity index (χ0n) is 13.3. The lowest BCUT2D eigenvalue weighted by Gasteiger charge is -2.31. The van der Waals surface area contributed by atoms with E-state index in [2.05, 4.69) is 19.7 Å². The maximum Gasteiger partial charge on any atom is 0.586 e. The molecule has 1 fully saturated rings. The first-order valence-electron chi connectivity index (χ1n) is 8.07. The number of alkyl halides is 2. The molecule has 1 saturated heterocycles. The summed E-state index contributed by atoms with van der Waals surface area (Å²) >= 11 is 0. The maximum absolute atomic E-state index is 13.0. The van der Waals surface area contributed by atoms with Crippen molar-refractivity contribution in [3.05, 3.63) is 23.8 Å². The van der Waals surface area contributed by atoms with Crippen molar-refractivity contribution in [1.82, 2.24) is 10.2 Å². The minimum Gasteiger partial charge on any atom is -0.395 e. The SMILES string of the molecule is NCCN1CCC(CNC(=O)c2ccc3c(c2)OC(F)(F)O3)CC1. The number of piperidine rings is 1. The van der Waals surface area contributed by atoms with Gasteiger partial charge in [0, 0.05) is 25.2 Å². The van der Waals surface area contributed by atoms with Crippen LogP contribution in [0, 0.1) is 5.92 Å². The Hall–Kier alpha value is -1.93. The first kappa shape index (κ1) is 16.9. The number of carbonyl (C=O) groups excluding carboxylic acids is 1. The maximum atomic E-state index is 13.0. The normalized spacial score (nSPS) is 20.1. The number of hydrogen-bond donors (Lipinski definition) is 2. The van der Waals surface area contributed by atoms with Gasteiger partial charge in [-0.25, -0.2) is 0 Å². The zero-order valence-corrected chi connectivity index (χ0v) is 13.3. The summed E-state index contributed by atoms with van der Waals surface area (Å²) < 4.78 is 34.7. The highest BCUT2D eigenvalue weighted by molar-refractivity contribution is 5.94. The van der Waals surface area contributed by atoms with Crippen LogP contribution >= 0.6 is 0 Å². The largest absolute Gasteiger partial charge is 0.586 e. The van der Waals surface area contributed by atoms with E-state index >= 15 is 0 Å². The topological polar surface area (TPSA) is 76.8 Å². The number of nitrogens with two attached hydrogens (primary N) is 1. The summed E-state index contributed by atoms with van der Waals surface area (Å²) in [6, 6.07) is 4.04. The van der Waals surface area contributed by atoms with Crippen LogP contribution < -0.4 is 20.5 Å². The van der Waals surface area contributed by atoms with Crippen molar-refractivity contribution in [3.63, 3.8) is 0 Å². The van der Waals surface area contributed by atoms with Gasteiger partial charge in [0.05, 0.1) is 0 Å². The van der Waals surface area contributed by atoms with Crippen molar-refractivity contribution in [2.75, 3.05) is 32.7 Å². The van der Waals surface area contributed by atoms with E-state index in [-0.39, 0.29) is 23.0 Å². The summed E-state index contributed by atoms with van der Waals surface area (Å²) in [7, 11) is 0. The van der Waals surface area contributed by atoms with Crippen molar-refractivity contribution in [2.45, 2.75) is 19.1 Å². The molecule has 8 heteroatoms. The first-order chi connectivity index (χ1) is 11.5. The number of likely N-dealkylation sites (tertiary alicyclic amines) is 1. The highest BCUT2D eigenvalue weighted by atomic mass is 19.3. The van der Waals surface area contributed by atoms with Gasteiger partial charge in [0.25, 0.3) is 5.91 Å². The molecule has 3 rings (SSSR count). The molecule has 0 unspecified atom stereocenters. The summed E-state index contributed by atoms with van der Waals surface area (Å²) in [5, 5.41) is 2.86. The molecule has 24 heavy (non-hydrogen) atoms. The molecular formula is C16H21F2N3O3. The second-order valence-corrected chi connectivity index (χ2v) is 6.11. The molecule has 0 aliphatic carbocycles. The van der Waals surface area contributed by atoms with E-state index < -0.39 is 6.29 Å². The summed E-state index contributed by atoms with van der Waals surface area (Å²) in [6.45, 7) is 4.10. The minimum absolute atomic E-state index is 0.0659. The molecule has 132 valence electrons. The van der Waals surface area contributed by atoms with Crippen LogP contribution in [-0.2, 0) is 0 Å². The van der Waals surface area contributed by atoms with Gasteiger partial charge in [-0.1, -0.05) is 0 Å². The van der Waals surface area contributed by atoms with Gasteiger partial charge in [-0.05, 0) is 50.0 Å². The lowest BCUT2D eigenvalue weighted by molar-refractivity contribution is -0.286. The van der Waals surface area contributed by atoms with Crippen molar-refractivity contribution in [2.24, 2.45) is 11.7 Å². The van der Waals surface area contributed by atoms with Crippen molar-refractivity contribution in [1.29, 1.82) is 0 Å². The van der Waals surface area contributed by atoms with E-state index in [4.69, 9.17) is 5.73 Å². The molecule has 2 aliphatic heterocycles. The summed E-state index contributed by atoms with van der Waals surface area (Å²) in [6.07, 6.45) is -1.66. The van der Waals surface area contributed by atoms with E-state index in [1.54, 1.807) is 0 Å². The average Bonchev–Trinajstić information content (AvgIpc) is 2.87. The number of hydrogen-bond acceptors (Lipinski definition) is 5. The van der Waals surface area contributed by atoms with Crippen molar-refractivity contribution >= 4 is 5.91 Å². The Morgan fingerprint density at radius 3 is 2.71 bits per heavy atom. The van der Waals surface area contributed by atoms with Crippen LogP contribution in [0.25, 0.3) is 0 Å². The van der Waals surface area contributed by atoms with Gasteiger partial charge in [-0.2, -0.15) is 0 Å². The van der Waals surface area contributed by atoms with Crippen LogP contribution in [0.2, 0.25) is 0 Å². The molecule has 0 radical (unpaired) electrons. The Morgan fingerprint density at radius 1 is 1.29 bits per heavy atom. The molecule has 2 heterocycles. The minimum atomic E-state index is -3.67. The number of ether oxygens (including phenoxy) is 2. The van der Waals surface area contributed by atoms with Gasteiger partial charge in [-0.3, -0.25) is 4.79 Å².